The number of esters is 1. The number of carbonyl (C=O) groups is 2. The van der Waals surface area contributed by atoms with Gasteiger partial charge in [0.15, 0.2) is 18.1 Å². The Labute approximate surface area is 129 Å². The summed E-state index contributed by atoms with van der Waals surface area (Å²) < 4.78 is 15.7. The van der Waals surface area contributed by atoms with Crippen LogP contribution in [0, 0.1) is 0 Å². The molecule has 6 nitrogen and oxygen atoms in total. The molecule has 0 radical (unpaired) electrons. The topological polar surface area (TPSA) is 87.9 Å². The first-order valence-corrected chi connectivity index (χ1v) is 7.09. The summed E-state index contributed by atoms with van der Waals surface area (Å²) >= 11 is 0. The molecule has 0 unspecified atom stereocenters. The summed E-state index contributed by atoms with van der Waals surface area (Å²) in [6, 6.07) is 5.35. The van der Waals surface area contributed by atoms with E-state index in [1.807, 2.05) is 13.8 Å². The van der Waals surface area contributed by atoms with E-state index in [0.29, 0.717) is 24.7 Å². The van der Waals surface area contributed by atoms with E-state index >= 15 is 0 Å². The molecule has 1 rings (SSSR count). The van der Waals surface area contributed by atoms with Crippen LogP contribution < -0.4 is 15.2 Å². The Bertz CT molecular complexity index is 539. The van der Waals surface area contributed by atoms with Crippen LogP contribution in [0.5, 0.6) is 11.5 Å². The molecule has 6 heteroatoms. The van der Waals surface area contributed by atoms with E-state index in [9.17, 15) is 9.59 Å². The molecule has 0 atom stereocenters. The molecule has 1 amide bonds. The number of ether oxygens (including phenoxy) is 3. The summed E-state index contributed by atoms with van der Waals surface area (Å²) in [6.45, 7) is 4.59. The van der Waals surface area contributed by atoms with Gasteiger partial charge in [0, 0.05) is 6.08 Å². The smallest absolute Gasteiger partial charge is 0.331 e. The van der Waals surface area contributed by atoms with Gasteiger partial charge in [0.1, 0.15) is 0 Å². The molecule has 120 valence electrons. The Morgan fingerprint density at radius 1 is 1.18 bits per heavy atom. The van der Waals surface area contributed by atoms with Crippen LogP contribution in [0.4, 0.5) is 0 Å². The van der Waals surface area contributed by atoms with Gasteiger partial charge >= 0.3 is 5.97 Å². The largest absolute Gasteiger partial charge is 0.490 e. The molecular formula is C16H21NO5. The summed E-state index contributed by atoms with van der Waals surface area (Å²) in [5.41, 5.74) is 5.64. The lowest BCUT2D eigenvalue weighted by molar-refractivity contribution is -0.142. The molecule has 1 aromatic rings. The van der Waals surface area contributed by atoms with Crippen LogP contribution in [0.25, 0.3) is 6.08 Å². The Morgan fingerprint density at radius 3 is 2.59 bits per heavy atom. The van der Waals surface area contributed by atoms with Crippen molar-refractivity contribution in [1.29, 1.82) is 0 Å². The molecule has 0 aliphatic rings. The van der Waals surface area contributed by atoms with Crippen LogP contribution in [0.2, 0.25) is 0 Å². The van der Waals surface area contributed by atoms with Crippen molar-refractivity contribution in [2.24, 2.45) is 5.73 Å². The standard InChI is InChI=1S/C16H21NO5/c1-3-9-21-13-7-5-12(10-14(13)20-4-2)6-8-16(19)22-11-15(17)18/h5-8,10H,3-4,9,11H2,1-2H3,(H2,17,18). The second kappa shape index (κ2) is 9.44. The molecule has 0 spiro atoms. The third-order valence-corrected chi connectivity index (χ3v) is 2.50. The molecule has 0 saturated carbocycles. The third kappa shape index (κ3) is 6.30. The molecule has 22 heavy (non-hydrogen) atoms. The molecular weight excluding hydrogens is 286 g/mol. The molecule has 0 fully saturated rings. The summed E-state index contributed by atoms with van der Waals surface area (Å²) in [4.78, 5) is 21.9. The van der Waals surface area contributed by atoms with E-state index in [-0.39, 0.29) is 0 Å². The minimum absolute atomic E-state index is 0.433. The third-order valence-electron chi connectivity index (χ3n) is 2.50. The van der Waals surface area contributed by atoms with Gasteiger partial charge in [0.25, 0.3) is 5.91 Å². The van der Waals surface area contributed by atoms with E-state index in [1.165, 1.54) is 6.08 Å². The fourth-order valence-electron chi connectivity index (χ4n) is 1.58. The number of primary amides is 1. The quantitative estimate of drug-likeness (QED) is 0.556. The van der Waals surface area contributed by atoms with Gasteiger partial charge in [-0.05, 0) is 37.1 Å². The van der Waals surface area contributed by atoms with Gasteiger partial charge < -0.3 is 19.9 Å². The first kappa shape index (κ1) is 17.6. The van der Waals surface area contributed by atoms with Gasteiger partial charge in [-0.15, -0.1) is 0 Å². The van der Waals surface area contributed by atoms with Crippen molar-refractivity contribution in [2.45, 2.75) is 20.3 Å². The SMILES string of the molecule is CCCOc1ccc(C=CC(=O)OCC(N)=O)cc1OCC. The molecule has 0 aromatic heterocycles. The lowest BCUT2D eigenvalue weighted by atomic mass is 10.2. The van der Waals surface area contributed by atoms with Gasteiger partial charge in [0.05, 0.1) is 13.2 Å². The minimum Gasteiger partial charge on any atom is -0.490 e. The van der Waals surface area contributed by atoms with Gasteiger partial charge in [0.2, 0.25) is 0 Å². The number of nitrogens with two attached hydrogens (primary N) is 1. The van der Waals surface area contributed by atoms with Crippen molar-refractivity contribution >= 4 is 18.0 Å². The second-order valence-corrected chi connectivity index (χ2v) is 4.40. The molecule has 0 aliphatic heterocycles. The van der Waals surface area contributed by atoms with Crippen LogP contribution in [0.15, 0.2) is 24.3 Å². The molecule has 0 saturated heterocycles. The van der Waals surface area contributed by atoms with Gasteiger partial charge in [-0.2, -0.15) is 0 Å². The summed E-state index contributed by atoms with van der Waals surface area (Å²) in [6.07, 6.45) is 3.69. The van der Waals surface area contributed by atoms with Crippen molar-refractivity contribution in [3.63, 3.8) is 0 Å². The maximum absolute atomic E-state index is 11.4. The Kier molecular flexibility index (Phi) is 7.53. The van der Waals surface area contributed by atoms with Crippen LogP contribution in [-0.2, 0) is 14.3 Å². The summed E-state index contributed by atoms with van der Waals surface area (Å²) in [5, 5.41) is 0. The highest BCUT2D eigenvalue weighted by molar-refractivity contribution is 5.89. The van der Waals surface area contributed by atoms with Crippen molar-refractivity contribution in [3.8, 4) is 11.5 Å². The maximum atomic E-state index is 11.4. The monoisotopic (exact) mass is 307 g/mol. The normalized spacial score (nSPS) is 10.5. The molecule has 2 N–H and O–H groups in total. The zero-order valence-electron chi connectivity index (χ0n) is 12.8. The van der Waals surface area contributed by atoms with E-state index in [4.69, 9.17) is 15.2 Å². The predicted molar refractivity (Wildman–Crippen MR) is 82.6 cm³/mol. The minimum atomic E-state index is -0.696. The lowest BCUT2D eigenvalue weighted by Gasteiger charge is -2.11. The molecule has 0 heterocycles. The highest BCUT2D eigenvalue weighted by Crippen LogP contribution is 2.29. The highest BCUT2D eigenvalue weighted by atomic mass is 16.5. The molecule has 1 aromatic carbocycles. The van der Waals surface area contributed by atoms with Crippen molar-refractivity contribution in [3.05, 3.63) is 29.8 Å². The number of rotatable bonds is 9. The fourth-order valence-corrected chi connectivity index (χ4v) is 1.58. The van der Waals surface area contributed by atoms with Crippen LogP contribution in [0.1, 0.15) is 25.8 Å². The van der Waals surface area contributed by atoms with Crippen LogP contribution in [-0.4, -0.2) is 31.7 Å². The fraction of sp³-hybridized carbons (Fsp3) is 0.375. The Hall–Kier alpha value is -2.50. The van der Waals surface area contributed by atoms with Gasteiger partial charge in [-0.1, -0.05) is 13.0 Å². The zero-order chi connectivity index (χ0) is 16.4. The van der Waals surface area contributed by atoms with E-state index in [2.05, 4.69) is 4.74 Å². The van der Waals surface area contributed by atoms with E-state index < -0.39 is 18.5 Å². The van der Waals surface area contributed by atoms with Crippen LogP contribution >= 0.6 is 0 Å². The Morgan fingerprint density at radius 2 is 1.95 bits per heavy atom. The number of carbonyl (C=O) groups excluding carboxylic acids is 2. The second-order valence-electron chi connectivity index (χ2n) is 4.40. The summed E-state index contributed by atoms with van der Waals surface area (Å²) in [5.74, 6) is -0.0540. The van der Waals surface area contributed by atoms with E-state index in [1.54, 1.807) is 24.3 Å². The number of benzene rings is 1. The first-order chi connectivity index (χ1) is 10.6. The number of hydrogen-bond acceptors (Lipinski definition) is 5. The highest BCUT2D eigenvalue weighted by Gasteiger charge is 2.06. The average molecular weight is 307 g/mol. The molecule has 0 aliphatic carbocycles. The van der Waals surface area contributed by atoms with Gasteiger partial charge in [-0.3, -0.25) is 4.79 Å². The molecule has 0 bridgehead atoms. The van der Waals surface area contributed by atoms with E-state index in [0.717, 1.165) is 12.0 Å². The average Bonchev–Trinajstić information content (AvgIpc) is 2.50. The number of hydrogen-bond donors (Lipinski definition) is 1. The van der Waals surface area contributed by atoms with Crippen molar-refractivity contribution in [1.82, 2.24) is 0 Å². The predicted octanol–water partition coefficient (Wildman–Crippen LogP) is 1.92. The first-order valence-electron chi connectivity index (χ1n) is 7.09. The number of amides is 1. The Balaban J connectivity index is 2.76. The van der Waals surface area contributed by atoms with Crippen molar-refractivity contribution < 1.29 is 23.8 Å². The lowest BCUT2D eigenvalue weighted by Crippen LogP contribution is -2.19. The van der Waals surface area contributed by atoms with Gasteiger partial charge in [-0.25, -0.2) is 4.79 Å². The van der Waals surface area contributed by atoms with Crippen molar-refractivity contribution in [2.75, 3.05) is 19.8 Å². The summed E-state index contributed by atoms with van der Waals surface area (Å²) in [7, 11) is 0. The zero-order valence-corrected chi connectivity index (χ0v) is 12.8. The maximum Gasteiger partial charge on any atom is 0.331 e. The van der Waals surface area contributed by atoms with Crippen LogP contribution in [0.3, 0.4) is 0 Å².